The highest BCUT2D eigenvalue weighted by molar-refractivity contribution is 6.06. The number of carbonyl (C=O) groups excluding carboxylic acids is 2. The van der Waals surface area contributed by atoms with Crippen LogP contribution in [0.15, 0.2) is 78.9 Å². The van der Waals surface area contributed by atoms with Gasteiger partial charge in [0.2, 0.25) is 0 Å². The molecule has 1 heterocycles. The van der Waals surface area contributed by atoms with Gasteiger partial charge in [0, 0.05) is 41.2 Å². The number of nitrogens with zero attached hydrogens (tertiary/aromatic N) is 5. The third-order valence-corrected chi connectivity index (χ3v) is 6.33. The zero-order chi connectivity index (χ0) is 32.4. The quantitative estimate of drug-likeness (QED) is 0.141. The number of aromatic amines is 1. The van der Waals surface area contributed by atoms with E-state index in [1.54, 1.807) is 24.3 Å². The molecule has 1 aromatic heterocycles. The van der Waals surface area contributed by atoms with Gasteiger partial charge in [-0.1, -0.05) is 0 Å². The summed E-state index contributed by atoms with van der Waals surface area (Å²) < 4.78 is 0. The average Bonchev–Trinajstić information content (AvgIpc) is 3.44. The van der Waals surface area contributed by atoms with Crippen LogP contribution in [0.1, 0.15) is 20.7 Å². The van der Waals surface area contributed by atoms with Gasteiger partial charge in [-0.3, -0.25) is 50.0 Å². The molecule has 3 N–H and O–H groups in total. The molecule has 2 amide bonds. The number of fused-ring (bicyclic) bond motifs is 1. The molecule has 45 heavy (non-hydrogen) atoms. The van der Waals surface area contributed by atoms with Gasteiger partial charge in [-0.2, -0.15) is 0 Å². The highest BCUT2D eigenvalue weighted by atomic mass is 16.6. The van der Waals surface area contributed by atoms with Crippen LogP contribution in [0.4, 0.5) is 34.1 Å². The molecule has 5 rings (SSSR count). The van der Waals surface area contributed by atoms with E-state index in [9.17, 15) is 50.0 Å². The van der Waals surface area contributed by atoms with Crippen molar-refractivity contribution >= 4 is 57.0 Å². The zero-order valence-electron chi connectivity index (χ0n) is 22.3. The van der Waals surface area contributed by atoms with Gasteiger partial charge >= 0.3 is 0 Å². The number of rotatable bonds is 9. The molecule has 224 valence electrons. The molecular weight excluding hydrogens is 596 g/mol. The van der Waals surface area contributed by atoms with E-state index >= 15 is 0 Å². The van der Waals surface area contributed by atoms with Crippen LogP contribution >= 0.6 is 0 Å². The minimum absolute atomic E-state index is 0.274. The Labute approximate surface area is 248 Å². The second kappa shape index (κ2) is 11.6. The van der Waals surface area contributed by atoms with Gasteiger partial charge in [0.1, 0.15) is 5.82 Å². The zero-order valence-corrected chi connectivity index (χ0v) is 22.3. The van der Waals surface area contributed by atoms with Crippen LogP contribution in [0.2, 0.25) is 0 Å². The normalized spacial score (nSPS) is 10.7. The fourth-order valence-electron chi connectivity index (χ4n) is 4.22. The summed E-state index contributed by atoms with van der Waals surface area (Å²) in [6, 6.07) is 16.1. The van der Waals surface area contributed by atoms with Crippen LogP contribution < -0.4 is 10.6 Å². The first kappa shape index (κ1) is 29.4. The maximum Gasteiger partial charge on any atom is 0.277 e. The van der Waals surface area contributed by atoms with Crippen molar-refractivity contribution in [2.75, 3.05) is 10.6 Å². The molecule has 0 fully saturated rings. The second-order valence-corrected chi connectivity index (χ2v) is 9.31. The molecule has 0 aliphatic heterocycles. The molecule has 0 radical (unpaired) electrons. The van der Waals surface area contributed by atoms with E-state index in [1.807, 2.05) is 0 Å². The number of anilines is 2. The number of aromatic nitrogens is 2. The number of H-pyrrole nitrogens is 1. The van der Waals surface area contributed by atoms with Gasteiger partial charge in [0.05, 0.1) is 54.0 Å². The molecule has 0 spiro atoms. The van der Waals surface area contributed by atoms with Crippen molar-refractivity contribution < 1.29 is 29.3 Å². The molecule has 5 aromatic rings. The molecule has 18 nitrogen and oxygen atoms in total. The average molecular weight is 612 g/mol. The smallest absolute Gasteiger partial charge is 0.277 e. The first-order valence-corrected chi connectivity index (χ1v) is 12.5. The Hall–Kier alpha value is -7.11. The summed E-state index contributed by atoms with van der Waals surface area (Å²) in [4.78, 5) is 74.1. The summed E-state index contributed by atoms with van der Waals surface area (Å²) in [6.07, 6.45) is 0. The minimum atomic E-state index is -0.840. The van der Waals surface area contributed by atoms with E-state index in [-0.39, 0.29) is 16.8 Å². The fourth-order valence-corrected chi connectivity index (χ4v) is 4.22. The molecule has 0 bridgehead atoms. The molecule has 0 saturated carbocycles. The van der Waals surface area contributed by atoms with Crippen molar-refractivity contribution in [3.8, 4) is 11.4 Å². The van der Waals surface area contributed by atoms with Gasteiger partial charge in [-0.05, 0) is 42.5 Å². The molecule has 18 heteroatoms. The van der Waals surface area contributed by atoms with E-state index < -0.39 is 54.3 Å². The Kier molecular flexibility index (Phi) is 7.60. The fraction of sp³-hybridized carbons (Fsp3) is 0. The summed E-state index contributed by atoms with van der Waals surface area (Å²) in [5.41, 5.74) is -0.822. The van der Waals surface area contributed by atoms with E-state index in [4.69, 9.17) is 0 Å². The Morgan fingerprint density at radius 3 is 1.44 bits per heavy atom. The van der Waals surface area contributed by atoms with Gasteiger partial charge in [0.25, 0.3) is 34.6 Å². The lowest BCUT2D eigenvalue weighted by Crippen LogP contribution is -2.12. The van der Waals surface area contributed by atoms with Gasteiger partial charge < -0.3 is 15.6 Å². The predicted octanol–water partition coefficient (Wildman–Crippen LogP) is 5.37. The summed E-state index contributed by atoms with van der Waals surface area (Å²) in [5.74, 6) is -1.19. The van der Waals surface area contributed by atoms with Crippen molar-refractivity contribution in [2.24, 2.45) is 0 Å². The van der Waals surface area contributed by atoms with Gasteiger partial charge in [0.15, 0.2) is 0 Å². The lowest BCUT2D eigenvalue weighted by atomic mass is 10.1. The topological polar surface area (TPSA) is 259 Å². The summed E-state index contributed by atoms with van der Waals surface area (Å²) in [7, 11) is 0. The molecule has 0 saturated heterocycles. The monoisotopic (exact) mass is 612 g/mol. The number of nitrogens with one attached hydrogen (secondary N) is 3. The van der Waals surface area contributed by atoms with Crippen molar-refractivity contribution in [2.45, 2.75) is 0 Å². The van der Waals surface area contributed by atoms with Crippen molar-refractivity contribution in [1.29, 1.82) is 0 Å². The van der Waals surface area contributed by atoms with Crippen LogP contribution in [0.3, 0.4) is 0 Å². The Bertz CT molecular complexity index is 2010. The Morgan fingerprint density at radius 1 is 0.578 bits per heavy atom. The van der Waals surface area contributed by atoms with E-state index in [2.05, 4.69) is 20.6 Å². The van der Waals surface area contributed by atoms with E-state index in [0.29, 0.717) is 28.1 Å². The van der Waals surface area contributed by atoms with Crippen molar-refractivity contribution in [3.63, 3.8) is 0 Å². The molecule has 0 aliphatic rings. The van der Waals surface area contributed by atoms with E-state index in [1.165, 1.54) is 18.2 Å². The van der Waals surface area contributed by atoms with Gasteiger partial charge in [-0.25, -0.2) is 4.98 Å². The SMILES string of the molecule is O=C(Nc1ccc(-c2nc3ccc(NC(=O)c4cc([N+](=O)[O-])cc([N+](=O)[O-])c4)cc3[nH]2)cc1)c1cc([N+](=O)[O-])cc([N+](=O)[O-])c1. The molecule has 0 unspecified atom stereocenters. The maximum absolute atomic E-state index is 12.7. The molecular formula is C27H16N8O10. The first-order valence-electron chi connectivity index (χ1n) is 12.5. The second-order valence-electron chi connectivity index (χ2n) is 9.31. The number of benzene rings is 4. The number of nitro benzene ring substituents is 4. The molecule has 0 aliphatic carbocycles. The van der Waals surface area contributed by atoms with Crippen molar-refractivity contribution in [3.05, 3.63) is 130 Å². The number of hydrogen-bond donors (Lipinski definition) is 3. The number of imidazole rings is 1. The number of hydrogen-bond acceptors (Lipinski definition) is 11. The van der Waals surface area contributed by atoms with Crippen LogP contribution in [0, 0.1) is 40.5 Å². The van der Waals surface area contributed by atoms with Gasteiger partial charge in [-0.15, -0.1) is 0 Å². The predicted molar refractivity (Wildman–Crippen MR) is 157 cm³/mol. The van der Waals surface area contributed by atoms with Crippen LogP contribution in [0.5, 0.6) is 0 Å². The van der Waals surface area contributed by atoms with Crippen LogP contribution in [-0.2, 0) is 0 Å². The third kappa shape index (κ3) is 6.38. The maximum atomic E-state index is 12.7. The van der Waals surface area contributed by atoms with Crippen molar-refractivity contribution in [1.82, 2.24) is 9.97 Å². The number of carbonyl (C=O) groups is 2. The van der Waals surface area contributed by atoms with E-state index in [0.717, 1.165) is 36.4 Å². The Balaban J connectivity index is 1.32. The highest BCUT2D eigenvalue weighted by Crippen LogP contribution is 2.27. The first-order chi connectivity index (χ1) is 21.4. The number of non-ortho nitro benzene ring substituents is 4. The summed E-state index contributed by atoms with van der Waals surface area (Å²) >= 11 is 0. The molecule has 0 atom stereocenters. The Morgan fingerprint density at radius 2 is 1.00 bits per heavy atom. The molecule has 4 aromatic carbocycles. The van der Waals surface area contributed by atoms with Crippen LogP contribution in [0.25, 0.3) is 22.4 Å². The summed E-state index contributed by atoms with van der Waals surface area (Å²) in [5, 5.41) is 49.6. The lowest BCUT2D eigenvalue weighted by Gasteiger charge is -2.06. The van der Waals surface area contributed by atoms with Crippen LogP contribution in [-0.4, -0.2) is 41.5 Å². The lowest BCUT2D eigenvalue weighted by molar-refractivity contribution is -0.394. The largest absolute Gasteiger partial charge is 0.338 e. The standard InChI is InChI=1S/C27H16N8O10/c36-26(15-7-19(32(38)39)12-20(8-15)33(40)41)28-17-3-1-14(2-4-17)25-30-23-6-5-18(11-24(23)31-25)29-27(37)16-9-21(34(42)43)13-22(10-16)35(44)45/h1-13H,(H,28,36)(H,29,37)(H,30,31). The minimum Gasteiger partial charge on any atom is -0.338 e. The highest BCUT2D eigenvalue weighted by Gasteiger charge is 2.21. The summed E-state index contributed by atoms with van der Waals surface area (Å²) in [6.45, 7) is 0. The third-order valence-electron chi connectivity index (χ3n) is 6.33. The number of nitro groups is 4. The number of amides is 2.